The van der Waals surface area contributed by atoms with Crippen LogP contribution in [0.3, 0.4) is 0 Å². The molecule has 6 heteroatoms. The maximum atomic E-state index is 11.6. The predicted octanol–water partition coefficient (Wildman–Crippen LogP) is 0.419. The molecule has 1 aromatic rings. The lowest BCUT2D eigenvalue weighted by Gasteiger charge is -2.18. The van der Waals surface area contributed by atoms with Gasteiger partial charge in [0.15, 0.2) is 0 Å². The summed E-state index contributed by atoms with van der Waals surface area (Å²) in [6.07, 6.45) is -0.268. The van der Waals surface area contributed by atoms with E-state index in [0.717, 1.165) is 11.1 Å². The van der Waals surface area contributed by atoms with Crippen LogP contribution in [0, 0.1) is 0 Å². The lowest BCUT2D eigenvalue weighted by Crippen LogP contribution is -2.41. The average molecular weight is 264 g/mol. The third kappa shape index (κ3) is 3.23. The molecule has 0 aliphatic heterocycles. The molecule has 4 N–H and O–H groups in total. The highest BCUT2D eigenvalue weighted by atomic mass is 16.4. The van der Waals surface area contributed by atoms with E-state index >= 15 is 0 Å². The Bertz CT molecular complexity index is 489. The first-order chi connectivity index (χ1) is 9.08. The Kier molecular flexibility index (Phi) is 4.01. The number of carbonyl (C=O) groups is 2. The minimum Gasteiger partial charge on any atom is -0.481 e. The number of carboxylic acids is 1. The largest absolute Gasteiger partial charge is 0.481 e. The summed E-state index contributed by atoms with van der Waals surface area (Å²) >= 11 is 0. The van der Waals surface area contributed by atoms with Gasteiger partial charge >= 0.3 is 12.0 Å². The Morgan fingerprint density at radius 2 is 2.05 bits per heavy atom. The number of aliphatic hydroxyl groups is 1. The quantitative estimate of drug-likeness (QED) is 0.633. The first-order valence-corrected chi connectivity index (χ1v) is 6.10. The van der Waals surface area contributed by atoms with E-state index in [1.807, 2.05) is 24.3 Å². The highest BCUT2D eigenvalue weighted by molar-refractivity contribution is 5.75. The van der Waals surface area contributed by atoms with Crippen molar-refractivity contribution < 1.29 is 19.8 Å². The zero-order valence-corrected chi connectivity index (χ0v) is 10.3. The van der Waals surface area contributed by atoms with Gasteiger partial charge in [-0.15, -0.1) is 0 Å². The molecule has 102 valence electrons. The van der Waals surface area contributed by atoms with Crippen molar-refractivity contribution in [2.45, 2.75) is 25.0 Å². The summed E-state index contributed by atoms with van der Waals surface area (Å²) in [5.41, 5.74) is 1.93. The zero-order valence-electron chi connectivity index (χ0n) is 10.3. The molecule has 0 saturated heterocycles. The van der Waals surface area contributed by atoms with Gasteiger partial charge in [-0.2, -0.15) is 0 Å². The van der Waals surface area contributed by atoms with E-state index in [1.54, 1.807) is 0 Å². The Morgan fingerprint density at radius 1 is 1.32 bits per heavy atom. The number of hydrogen-bond acceptors (Lipinski definition) is 3. The second-order valence-corrected chi connectivity index (χ2v) is 4.49. The number of aliphatic carboxylic acids is 1. The molecule has 1 aliphatic rings. The molecule has 0 saturated carbocycles. The van der Waals surface area contributed by atoms with Gasteiger partial charge < -0.3 is 20.8 Å². The third-order valence-corrected chi connectivity index (χ3v) is 3.11. The Balaban J connectivity index is 1.92. The van der Waals surface area contributed by atoms with E-state index < -0.39 is 24.1 Å². The Morgan fingerprint density at radius 3 is 2.79 bits per heavy atom. The van der Waals surface area contributed by atoms with Gasteiger partial charge in [-0.25, -0.2) is 4.79 Å². The summed E-state index contributed by atoms with van der Waals surface area (Å²) in [5.74, 6) is -0.966. The molecule has 2 unspecified atom stereocenters. The number of carboxylic acid groups (broad SMARTS) is 1. The summed E-state index contributed by atoms with van der Waals surface area (Å²) in [7, 11) is 0. The highest BCUT2D eigenvalue weighted by Crippen LogP contribution is 2.30. The number of nitrogens with one attached hydrogen (secondary N) is 2. The fourth-order valence-corrected chi connectivity index (χ4v) is 2.22. The molecule has 0 fully saturated rings. The van der Waals surface area contributed by atoms with E-state index in [-0.39, 0.29) is 13.0 Å². The van der Waals surface area contributed by atoms with E-state index in [0.29, 0.717) is 6.42 Å². The van der Waals surface area contributed by atoms with Crippen molar-refractivity contribution in [1.29, 1.82) is 0 Å². The molecule has 0 spiro atoms. The standard InChI is InChI=1S/C13H16N2O4/c16-10-7-8-3-1-2-4-9(8)12(10)15-13(19)14-6-5-11(17)18/h1-4,10,12,16H,5-7H2,(H,17,18)(H2,14,15,19). The van der Waals surface area contributed by atoms with E-state index in [2.05, 4.69) is 10.6 Å². The van der Waals surface area contributed by atoms with Crippen LogP contribution in [-0.4, -0.2) is 34.9 Å². The number of aliphatic hydroxyl groups excluding tert-OH is 1. The van der Waals surface area contributed by atoms with E-state index in [9.17, 15) is 14.7 Å². The van der Waals surface area contributed by atoms with Crippen molar-refractivity contribution in [2.75, 3.05) is 6.54 Å². The normalized spacial score (nSPS) is 20.7. The molecule has 2 atom stereocenters. The number of carbonyl (C=O) groups excluding carboxylic acids is 1. The number of amides is 2. The van der Waals surface area contributed by atoms with Crippen molar-refractivity contribution in [3.63, 3.8) is 0 Å². The molecule has 0 heterocycles. The molecule has 2 rings (SSSR count). The molecule has 2 amide bonds. The Hall–Kier alpha value is -2.08. The number of hydrogen-bond donors (Lipinski definition) is 4. The number of fused-ring (bicyclic) bond motifs is 1. The second kappa shape index (κ2) is 5.71. The summed E-state index contributed by atoms with van der Waals surface area (Å²) < 4.78 is 0. The molecule has 0 aromatic heterocycles. The van der Waals surface area contributed by atoms with Gasteiger partial charge in [0.1, 0.15) is 0 Å². The smallest absolute Gasteiger partial charge is 0.315 e. The van der Waals surface area contributed by atoms with Crippen molar-refractivity contribution in [3.05, 3.63) is 35.4 Å². The Labute approximate surface area is 110 Å². The first-order valence-electron chi connectivity index (χ1n) is 6.10. The van der Waals surface area contributed by atoms with Crippen molar-refractivity contribution >= 4 is 12.0 Å². The molecular weight excluding hydrogens is 248 g/mol. The van der Waals surface area contributed by atoms with E-state index in [1.165, 1.54) is 0 Å². The summed E-state index contributed by atoms with van der Waals surface area (Å²) in [4.78, 5) is 21.9. The van der Waals surface area contributed by atoms with Gasteiger partial charge in [-0.05, 0) is 11.1 Å². The minimum atomic E-state index is -0.966. The van der Waals surface area contributed by atoms with Crippen LogP contribution in [0.4, 0.5) is 4.79 Å². The van der Waals surface area contributed by atoms with Crippen LogP contribution in [-0.2, 0) is 11.2 Å². The van der Waals surface area contributed by atoms with Crippen LogP contribution in [0.1, 0.15) is 23.6 Å². The summed E-state index contributed by atoms with van der Waals surface area (Å²) in [6, 6.07) is 6.62. The molecule has 1 aromatic carbocycles. The van der Waals surface area contributed by atoms with E-state index in [4.69, 9.17) is 5.11 Å². The molecule has 6 nitrogen and oxygen atoms in total. The third-order valence-electron chi connectivity index (χ3n) is 3.11. The highest BCUT2D eigenvalue weighted by Gasteiger charge is 2.31. The maximum absolute atomic E-state index is 11.6. The second-order valence-electron chi connectivity index (χ2n) is 4.49. The topological polar surface area (TPSA) is 98.7 Å². The van der Waals surface area contributed by atoms with Crippen molar-refractivity contribution in [3.8, 4) is 0 Å². The maximum Gasteiger partial charge on any atom is 0.315 e. The van der Waals surface area contributed by atoms with Crippen LogP contribution >= 0.6 is 0 Å². The molecule has 1 aliphatic carbocycles. The summed E-state index contributed by atoms with van der Waals surface area (Å²) in [5, 5.41) is 23.5. The van der Waals surface area contributed by atoms with Gasteiger partial charge in [0.25, 0.3) is 0 Å². The van der Waals surface area contributed by atoms with Crippen LogP contribution in [0.2, 0.25) is 0 Å². The molecule has 19 heavy (non-hydrogen) atoms. The summed E-state index contributed by atoms with van der Waals surface area (Å²) in [6.45, 7) is 0.0611. The van der Waals surface area contributed by atoms with Gasteiger partial charge in [0, 0.05) is 13.0 Å². The van der Waals surface area contributed by atoms with Crippen LogP contribution < -0.4 is 10.6 Å². The lowest BCUT2D eigenvalue weighted by atomic mass is 10.1. The molecular formula is C13H16N2O4. The van der Waals surface area contributed by atoms with Crippen molar-refractivity contribution in [2.24, 2.45) is 0 Å². The fourth-order valence-electron chi connectivity index (χ4n) is 2.22. The van der Waals surface area contributed by atoms with Gasteiger partial charge in [0.2, 0.25) is 0 Å². The number of benzene rings is 1. The molecule has 0 radical (unpaired) electrons. The average Bonchev–Trinajstić information content (AvgIpc) is 2.66. The van der Waals surface area contributed by atoms with Gasteiger partial charge in [-0.3, -0.25) is 4.79 Å². The first kappa shape index (κ1) is 13.4. The molecule has 0 bridgehead atoms. The predicted molar refractivity (Wildman–Crippen MR) is 67.7 cm³/mol. The SMILES string of the molecule is O=C(O)CCNC(=O)NC1c2ccccc2CC1O. The van der Waals surface area contributed by atoms with Gasteiger partial charge in [-0.1, -0.05) is 24.3 Å². The number of rotatable bonds is 4. The van der Waals surface area contributed by atoms with Crippen LogP contribution in [0.15, 0.2) is 24.3 Å². The van der Waals surface area contributed by atoms with Crippen LogP contribution in [0.25, 0.3) is 0 Å². The van der Waals surface area contributed by atoms with Crippen LogP contribution in [0.5, 0.6) is 0 Å². The monoisotopic (exact) mass is 264 g/mol. The lowest BCUT2D eigenvalue weighted by molar-refractivity contribution is -0.136. The fraction of sp³-hybridized carbons (Fsp3) is 0.385. The number of urea groups is 1. The minimum absolute atomic E-state index is 0.0611. The zero-order chi connectivity index (χ0) is 13.8. The van der Waals surface area contributed by atoms with Gasteiger partial charge in [0.05, 0.1) is 18.6 Å². The van der Waals surface area contributed by atoms with Crippen molar-refractivity contribution in [1.82, 2.24) is 10.6 Å².